The lowest BCUT2D eigenvalue weighted by Gasteiger charge is -2.08. The summed E-state index contributed by atoms with van der Waals surface area (Å²) in [6.07, 6.45) is -2.90. The molecule has 0 atom stereocenters. The van der Waals surface area contributed by atoms with Gasteiger partial charge in [-0.05, 0) is 22.0 Å². The van der Waals surface area contributed by atoms with Crippen LogP contribution in [0.4, 0.5) is 14.5 Å². The van der Waals surface area contributed by atoms with Crippen LogP contribution in [0.2, 0.25) is 0 Å². The molecule has 0 unspecified atom stereocenters. The van der Waals surface area contributed by atoms with Crippen molar-refractivity contribution in [1.82, 2.24) is 4.98 Å². The topological polar surface area (TPSA) is 99.1 Å². The summed E-state index contributed by atoms with van der Waals surface area (Å²) in [6, 6.07) is 0.939. The minimum absolute atomic E-state index is 0.0731. The van der Waals surface area contributed by atoms with Gasteiger partial charge in [-0.3, -0.25) is 0 Å². The van der Waals surface area contributed by atoms with E-state index in [1.807, 2.05) is 0 Å². The molecule has 4 N–H and O–H groups in total. The van der Waals surface area contributed by atoms with Gasteiger partial charge < -0.3 is 5.73 Å². The van der Waals surface area contributed by atoms with Crippen LogP contribution < -0.4 is 10.9 Å². The second kappa shape index (κ2) is 3.99. The highest BCUT2D eigenvalue weighted by molar-refractivity contribution is 9.10. The molecule has 15 heavy (non-hydrogen) atoms. The Morgan fingerprint density at radius 1 is 1.47 bits per heavy atom. The molecule has 1 heterocycles. The molecule has 1 rings (SSSR count). The van der Waals surface area contributed by atoms with Crippen LogP contribution >= 0.6 is 15.9 Å². The molecule has 9 heteroatoms. The largest absolute Gasteiger partial charge is 0.396 e. The average Bonchev–Trinajstić information content (AvgIpc) is 2.06. The standard InChI is InChI=1S/C6H6BrF2N3O2S/c7-3-1-2(5(8)9)4(10)6(12-3)15(11,13)14/h1,5H,10H2,(H2,11,13,14). The highest BCUT2D eigenvalue weighted by Gasteiger charge is 2.22. The first-order valence-electron chi connectivity index (χ1n) is 3.50. The van der Waals surface area contributed by atoms with E-state index in [-0.39, 0.29) is 4.60 Å². The van der Waals surface area contributed by atoms with E-state index in [2.05, 4.69) is 20.9 Å². The number of rotatable bonds is 2. The van der Waals surface area contributed by atoms with Gasteiger partial charge >= 0.3 is 0 Å². The maximum absolute atomic E-state index is 12.4. The predicted octanol–water partition coefficient (Wildman–Crippen LogP) is 1.01. The van der Waals surface area contributed by atoms with E-state index in [9.17, 15) is 17.2 Å². The van der Waals surface area contributed by atoms with E-state index < -0.39 is 32.7 Å². The number of primary sulfonamides is 1. The first kappa shape index (κ1) is 12.3. The first-order valence-corrected chi connectivity index (χ1v) is 5.84. The van der Waals surface area contributed by atoms with Crippen LogP contribution in [0, 0.1) is 0 Å². The van der Waals surface area contributed by atoms with Gasteiger partial charge in [-0.2, -0.15) is 0 Å². The van der Waals surface area contributed by atoms with Crippen LogP contribution in [0.25, 0.3) is 0 Å². The Morgan fingerprint density at radius 2 is 2.00 bits per heavy atom. The number of nitrogens with zero attached hydrogens (tertiary/aromatic N) is 1. The Bertz CT molecular complexity index is 491. The number of alkyl halides is 2. The maximum Gasteiger partial charge on any atom is 0.266 e. The molecule has 0 spiro atoms. The molecule has 0 radical (unpaired) electrons. The van der Waals surface area contributed by atoms with Gasteiger partial charge in [-0.1, -0.05) is 0 Å². The number of hydrogen-bond donors (Lipinski definition) is 2. The maximum atomic E-state index is 12.4. The van der Waals surface area contributed by atoms with Gasteiger partial charge in [-0.15, -0.1) is 0 Å². The molecule has 0 aliphatic rings. The summed E-state index contributed by atoms with van der Waals surface area (Å²) in [4.78, 5) is 3.43. The number of hydrogen-bond acceptors (Lipinski definition) is 4. The van der Waals surface area contributed by atoms with Gasteiger partial charge in [0.25, 0.3) is 16.4 Å². The molecule has 0 aromatic carbocycles. The van der Waals surface area contributed by atoms with Crippen LogP contribution in [0.1, 0.15) is 12.0 Å². The van der Waals surface area contributed by atoms with Crippen molar-refractivity contribution < 1.29 is 17.2 Å². The van der Waals surface area contributed by atoms with Crippen LogP contribution in [0.15, 0.2) is 15.7 Å². The van der Waals surface area contributed by atoms with Gasteiger partial charge in [0.15, 0.2) is 5.03 Å². The summed E-state index contributed by atoms with van der Waals surface area (Å²) in [7, 11) is -4.21. The van der Waals surface area contributed by atoms with Crippen molar-refractivity contribution in [3.63, 3.8) is 0 Å². The van der Waals surface area contributed by atoms with Crippen molar-refractivity contribution in [2.75, 3.05) is 5.73 Å². The van der Waals surface area contributed by atoms with Crippen molar-refractivity contribution in [2.24, 2.45) is 5.14 Å². The molecule has 0 bridgehead atoms. The predicted molar refractivity (Wildman–Crippen MR) is 52.7 cm³/mol. The quantitative estimate of drug-likeness (QED) is 0.796. The molecule has 0 aliphatic heterocycles. The minimum atomic E-state index is -4.21. The molecule has 0 amide bonds. The lowest BCUT2D eigenvalue weighted by Crippen LogP contribution is -2.17. The van der Waals surface area contributed by atoms with E-state index in [4.69, 9.17) is 10.9 Å². The minimum Gasteiger partial charge on any atom is -0.396 e. The van der Waals surface area contributed by atoms with Gasteiger partial charge in [-0.25, -0.2) is 27.3 Å². The van der Waals surface area contributed by atoms with E-state index in [1.54, 1.807) is 0 Å². The molecule has 0 saturated heterocycles. The SMILES string of the molecule is Nc1c(C(F)F)cc(Br)nc1S(N)(=O)=O. The molecule has 0 saturated carbocycles. The number of nitrogens with two attached hydrogens (primary N) is 2. The van der Waals surface area contributed by atoms with Gasteiger partial charge in [0.05, 0.1) is 5.69 Å². The van der Waals surface area contributed by atoms with Gasteiger partial charge in [0, 0.05) is 5.56 Å². The average molecular weight is 302 g/mol. The highest BCUT2D eigenvalue weighted by Crippen LogP contribution is 2.30. The van der Waals surface area contributed by atoms with Gasteiger partial charge in [0.1, 0.15) is 4.60 Å². The number of sulfonamides is 1. The van der Waals surface area contributed by atoms with Crippen LogP contribution in [-0.4, -0.2) is 13.4 Å². The fraction of sp³-hybridized carbons (Fsp3) is 0.167. The van der Waals surface area contributed by atoms with E-state index in [0.29, 0.717) is 0 Å². The number of nitrogen functional groups attached to an aromatic ring is 1. The molecule has 0 aliphatic carbocycles. The van der Waals surface area contributed by atoms with E-state index in [1.165, 1.54) is 0 Å². The molecule has 1 aromatic rings. The Balaban J connectivity index is 3.56. The smallest absolute Gasteiger partial charge is 0.266 e. The van der Waals surface area contributed by atoms with Crippen LogP contribution in [0.5, 0.6) is 0 Å². The van der Waals surface area contributed by atoms with Crippen LogP contribution in [-0.2, 0) is 10.0 Å². The fourth-order valence-corrected chi connectivity index (χ4v) is 2.11. The lowest BCUT2D eigenvalue weighted by atomic mass is 10.2. The fourth-order valence-electron chi connectivity index (χ4n) is 0.916. The van der Waals surface area contributed by atoms with Gasteiger partial charge in [0.2, 0.25) is 0 Å². The Hall–Kier alpha value is -0.800. The molecule has 84 valence electrons. The molecule has 1 aromatic heterocycles. The zero-order valence-electron chi connectivity index (χ0n) is 7.12. The van der Waals surface area contributed by atoms with Crippen molar-refractivity contribution in [1.29, 1.82) is 0 Å². The van der Waals surface area contributed by atoms with E-state index in [0.717, 1.165) is 6.07 Å². The third-order valence-corrected chi connectivity index (χ3v) is 2.79. The highest BCUT2D eigenvalue weighted by atomic mass is 79.9. The van der Waals surface area contributed by atoms with Crippen molar-refractivity contribution >= 4 is 31.6 Å². The monoisotopic (exact) mass is 301 g/mol. The molecular weight excluding hydrogens is 296 g/mol. The molecular formula is C6H6BrF2N3O2S. The Labute approximate surface area is 92.7 Å². The second-order valence-electron chi connectivity index (χ2n) is 2.60. The zero-order valence-corrected chi connectivity index (χ0v) is 9.52. The van der Waals surface area contributed by atoms with Crippen LogP contribution in [0.3, 0.4) is 0 Å². The second-order valence-corrected chi connectivity index (χ2v) is 4.89. The zero-order chi connectivity index (χ0) is 11.8. The summed E-state index contributed by atoms with van der Waals surface area (Å²) >= 11 is 2.79. The van der Waals surface area contributed by atoms with E-state index >= 15 is 0 Å². The third-order valence-electron chi connectivity index (χ3n) is 1.53. The number of anilines is 1. The normalized spacial score (nSPS) is 12.1. The molecule has 0 fully saturated rings. The summed E-state index contributed by atoms with van der Waals surface area (Å²) in [5, 5.41) is 4.00. The summed E-state index contributed by atoms with van der Waals surface area (Å²) in [5.74, 6) is 0. The first-order chi connectivity index (χ1) is 6.73. The number of pyridine rings is 1. The summed E-state index contributed by atoms with van der Waals surface area (Å²) in [5.41, 5.74) is 3.96. The summed E-state index contributed by atoms with van der Waals surface area (Å²) < 4.78 is 46.7. The number of halogens is 3. The van der Waals surface area contributed by atoms with Crippen molar-refractivity contribution in [2.45, 2.75) is 11.5 Å². The third kappa shape index (κ3) is 2.61. The Kier molecular flexibility index (Phi) is 3.26. The molecule has 5 nitrogen and oxygen atoms in total. The Morgan fingerprint density at radius 3 is 2.40 bits per heavy atom. The lowest BCUT2D eigenvalue weighted by molar-refractivity contribution is 0.152. The van der Waals surface area contributed by atoms with Crippen molar-refractivity contribution in [3.8, 4) is 0 Å². The number of aromatic nitrogens is 1. The summed E-state index contributed by atoms with van der Waals surface area (Å²) in [6.45, 7) is 0. The van der Waals surface area contributed by atoms with Crippen molar-refractivity contribution in [3.05, 3.63) is 16.2 Å².